The number of hydrogen-bond donors (Lipinski definition) is 0. The summed E-state index contributed by atoms with van der Waals surface area (Å²) in [6.45, 7) is 3.74. The second-order valence-corrected chi connectivity index (χ2v) is 11.9. The van der Waals surface area contributed by atoms with Crippen LogP contribution in [0.4, 0.5) is 0 Å². The molecule has 176 valence electrons. The highest BCUT2D eigenvalue weighted by Gasteiger charge is 2.54. The van der Waals surface area contributed by atoms with Gasteiger partial charge in [0, 0.05) is 16.3 Å². The summed E-state index contributed by atoms with van der Waals surface area (Å²) in [5, 5.41) is 10.3. The van der Waals surface area contributed by atoms with Crippen molar-refractivity contribution in [3.63, 3.8) is 0 Å². The molecule has 0 amide bonds. The van der Waals surface area contributed by atoms with E-state index < -0.39 is 15.8 Å². The van der Waals surface area contributed by atoms with Crippen LogP contribution < -0.4 is 0 Å². The van der Waals surface area contributed by atoms with Gasteiger partial charge >= 0.3 is 0 Å². The fourth-order valence-electron chi connectivity index (χ4n) is 5.82. The van der Waals surface area contributed by atoms with Gasteiger partial charge in [0.2, 0.25) is 0 Å². The van der Waals surface area contributed by atoms with Crippen LogP contribution in [-0.4, -0.2) is 36.4 Å². The first-order valence-electron chi connectivity index (χ1n) is 12.6. The summed E-state index contributed by atoms with van der Waals surface area (Å²) in [6, 6.07) is 25.9. The Morgan fingerprint density at radius 3 is 2.33 bits per heavy atom. The number of nitrogens with zero attached hydrogens (tertiary/aromatic N) is 2. The molecule has 6 aromatic rings. The van der Waals surface area contributed by atoms with E-state index in [1.54, 1.807) is 11.3 Å². The summed E-state index contributed by atoms with van der Waals surface area (Å²) < 4.78 is 7.73. The summed E-state index contributed by atoms with van der Waals surface area (Å²) in [5.41, 5.74) is 5.61. The number of rotatable bonds is 2. The molecule has 0 N–H and O–H groups in total. The van der Waals surface area contributed by atoms with Gasteiger partial charge in [0.15, 0.2) is 0 Å². The van der Waals surface area contributed by atoms with E-state index in [9.17, 15) is 5.26 Å². The van der Waals surface area contributed by atoms with Crippen LogP contribution in [0.3, 0.4) is 0 Å². The van der Waals surface area contributed by atoms with Crippen molar-refractivity contribution in [1.82, 2.24) is 4.98 Å². The highest BCUT2D eigenvalue weighted by Crippen LogP contribution is 2.57. The quantitative estimate of drug-likeness (QED) is 0.253. The molecule has 0 aliphatic heterocycles. The largest absolute Gasteiger partial charge is 0.455 e. The van der Waals surface area contributed by atoms with Gasteiger partial charge in [-0.2, -0.15) is 5.26 Å². The third-order valence-corrected chi connectivity index (χ3v) is 9.65. The molecule has 1 aliphatic rings. The Hall–Kier alpha value is -3.68. The summed E-state index contributed by atoms with van der Waals surface area (Å²) in [6.07, 6.45) is 0. The van der Waals surface area contributed by atoms with Gasteiger partial charge in [0.05, 0.1) is 58.8 Å². The van der Waals surface area contributed by atoms with Crippen LogP contribution in [0.2, 0.25) is 0 Å². The second kappa shape index (κ2) is 7.93. The molecule has 0 fully saturated rings. The van der Waals surface area contributed by atoms with Crippen molar-refractivity contribution in [2.75, 3.05) is 0 Å². The number of para-hydroxylation sites is 2. The van der Waals surface area contributed by atoms with Crippen molar-refractivity contribution in [2.24, 2.45) is 5.41 Å². The molecule has 0 atom stereocenters. The maximum atomic E-state index is 10.1. The van der Waals surface area contributed by atoms with Gasteiger partial charge in [0.25, 0.3) is 0 Å². The molecule has 3 nitrogen and oxygen atoms in total. The van der Waals surface area contributed by atoms with Gasteiger partial charge in [-0.25, -0.2) is 4.98 Å². The maximum absolute atomic E-state index is 10.1. The van der Waals surface area contributed by atoms with E-state index in [0.29, 0.717) is 27.8 Å². The molecule has 7 rings (SSSR count). The number of thiazole rings is 1. The van der Waals surface area contributed by atoms with E-state index in [1.807, 2.05) is 80.6 Å². The molecular weight excluding hydrogens is 492 g/mol. The molecule has 0 unspecified atom stereocenters. The summed E-state index contributed by atoms with van der Waals surface area (Å²) in [5.74, 6) is 0. The molecule has 0 saturated carbocycles. The third kappa shape index (κ3) is 3.11. The lowest BCUT2D eigenvalue weighted by molar-refractivity contribution is 0.306. The Balaban J connectivity index is 1.50. The summed E-state index contributed by atoms with van der Waals surface area (Å²) in [7, 11) is 26.5. The molecule has 0 spiro atoms. The molecule has 0 saturated heterocycles. The molecule has 39 heavy (non-hydrogen) atoms. The lowest BCUT2D eigenvalue weighted by Crippen LogP contribution is -2.50. The van der Waals surface area contributed by atoms with E-state index in [0.717, 1.165) is 42.7 Å². The first-order valence-corrected chi connectivity index (χ1v) is 13.4. The molecule has 8 radical (unpaired) electrons. The van der Waals surface area contributed by atoms with Crippen LogP contribution in [-0.2, 0) is 10.4 Å². The second-order valence-electron chi connectivity index (χ2n) is 10.9. The maximum Gasteiger partial charge on any atom is 0.145 e. The minimum atomic E-state index is -1.28. The highest BCUT2D eigenvalue weighted by molar-refractivity contribution is 7.21. The number of hydrogen-bond acceptors (Lipinski definition) is 4. The van der Waals surface area contributed by atoms with Crippen LogP contribution in [0, 0.1) is 16.7 Å². The van der Waals surface area contributed by atoms with Crippen LogP contribution in [0.15, 0.2) is 77.2 Å². The zero-order valence-corrected chi connectivity index (χ0v) is 22.3. The van der Waals surface area contributed by atoms with E-state index in [4.69, 9.17) is 40.8 Å². The predicted molar refractivity (Wildman–Crippen MR) is 163 cm³/mol. The lowest BCUT2D eigenvalue weighted by Gasteiger charge is -2.46. The number of benzene rings is 4. The fourth-order valence-corrected chi connectivity index (χ4v) is 6.80. The molecule has 1 aliphatic carbocycles. The van der Waals surface area contributed by atoms with Crippen LogP contribution in [0.25, 0.3) is 53.9 Å². The van der Waals surface area contributed by atoms with Gasteiger partial charge in [-0.05, 0) is 41.3 Å². The topological polar surface area (TPSA) is 49.8 Å². The Morgan fingerprint density at radius 2 is 1.56 bits per heavy atom. The summed E-state index contributed by atoms with van der Waals surface area (Å²) >= 11 is 1.62. The standard InChI is InChI=1S/C31H18B4N2OS/c1-29(2)30(32,33)21-13-11-16(14-22(21)31(29,34)35)25-17(15-36)10-12-19-18-6-5-7-20(26(18)38-27(19)25)28-37-23-8-3-4-9-24(23)39-28/h3-14H,1-2H3. The lowest BCUT2D eigenvalue weighted by atomic mass is 9.33. The third-order valence-electron chi connectivity index (χ3n) is 8.58. The van der Waals surface area contributed by atoms with Crippen molar-refractivity contribution < 1.29 is 4.42 Å². The molecule has 2 aromatic heterocycles. The SMILES string of the molecule is [B]C1([B])c2ccc(-c3c(C#N)ccc4c3oc3c(-c5nc6ccccc6s5)cccc34)cc2C([B])([B])C1(C)C. The molecular formula is C31H18B4N2OS. The van der Waals surface area contributed by atoms with Gasteiger partial charge in [-0.15, -0.1) is 11.3 Å². The Labute approximate surface area is 235 Å². The fraction of sp³-hybridized carbons (Fsp3) is 0.161. The number of aromatic nitrogens is 1. The molecule has 4 aromatic carbocycles. The number of furan rings is 1. The van der Waals surface area contributed by atoms with Crippen LogP contribution >= 0.6 is 11.3 Å². The molecule has 2 heterocycles. The van der Waals surface area contributed by atoms with E-state index >= 15 is 0 Å². The minimum Gasteiger partial charge on any atom is -0.455 e. The van der Waals surface area contributed by atoms with Crippen molar-refractivity contribution in [2.45, 2.75) is 24.3 Å². The first-order chi connectivity index (χ1) is 18.6. The van der Waals surface area contributed by atoms with Gasteiger partial charge in [0.1, 0.15) is 16.2 Å². The van der Waals surface area contributed by atoms with Gasteiger partial charge in [-0.1, -0.05) is 77.9 Å². The Bertz CT molecular complexity index is 2000. The average Bonchev–Trinajstić information content (AvgIpc) is 3.55. The zero-order chi connectivity index (χ0) is 27.3. The summed E-state index contributed by atoms with van der Waals surface area (Å²) in [4.78, 5) is 4.85. The number of nitriles is 1. The minimum absolute atomic E-state index is 0.478. The first kappa shape index (κ1) is 24.4. The zero-order valence-electron chi connectivity index (χ0n) is 21.4. The van der Waals surface area contributed by atoms with E-state index in [1.165, 1.54) is 0 Å². The van der Waals surface area contributed by atoms with Gasteiger partial charge in [-0.3, -0.25) is 0 Å². The molecule has 0 bridgehead atoms. The highest BCUT2D eigenvalue weighted by atomic mass is 32.1. The Morgan fingerprint density at radius 1 is 0.821 bits per heavy atom. The Kier molecular flexibility index (Phi) is 4.95. The van der Waals surface area contributed by atoms with E-state index in [-0.39, 0.29) is 0 Å². The average molecular weight is 510 g/mol. The monoisotopic (exact) mass is 510 g/mol. The number of fused-ring (bicyclic) bond motifs is 5. The van der Waals surface area contributed by atoms with Crippen molar-refractivity contribution >= 4 is 74.9 Å². The van der Waals surface area contributed by atoms with Crippen molar-refractivity contribution in [3.05, 3.63) is 89.5 Å². The van der Waals surface area contributed by atoms with Crippen molar-refractivity contribution in [3.8, 4) is 27.8 Å². The van der Waals surface area contributed by atoms with Crippen LogP contribution in [0.1, 0.15) is 30.5 Å². The normalized spacial score (nSPS) is 16.9. The van der Waals surface area contributed by atoms with Crippen LogP contribution in [0.5, 0.6) is 0 Å². The molecule has 8 heteroatoms. The smallest absolute Gasteiger partial charge is 0.145 e. The predicted octanol–water partition coefficient (Wildman–Crippen LogP) is 6.42. The van der Waals surface area contributed by atoms with Crippen molar-refractivity contribution in [1.29, 1.82) is 5.26 Å². The van der Waals surface area contributed by atoms with E-state index in [2.05, 4.69) is 12.1 Å². The van der Waals surface area contributed by atoms with Gasteiger partial charge < -0.3 is 4.42 Å².